The minimum atomic E-state index is -0.158. The van der Waals surface area contributed by atoms with Crippen molar-refractivity contribution in [3.05, 3.63) is 24.3 Å². The van der Waals surface area contributed by atoms with Crippen molar-refractivity contribution in [1.82, 2.24) is 10.3 Å². The zero-order chi connectivity index (χ0) is 17.3. The normalized spacial score (nSPS) is 20.9. The van der Waals surface area contributed by atoms with Gasteiger partial charge in [0, 0.05) is 25.6 Å². The highest BCUT2D eigenvalue weighted by atomic mass is 16.4. The molecule has 2 aliphatic rings. The average molecular weight is 342 g/mol. The molecule has 25 heavy (non-hydrogen) atoms. The second-order valence-electron chi connectivity index (χ2n) is 7.41. The summed E-state index contributed by atoms with van der Waals surface area (Å²) in [5.74, 6) is 0.231. The highest BCUT2D eigenvalue weighted by Crippen LogP contribution is 2.30. The Labute approximate surface area is 147 Å². The van der Waals surface area contributed by atoms with Gasteiger partial charge < -0.3 is 20.4 Å². The molecule has 0 unspecified atom stereocenters. The fourth-order valence-corrected chi connectivity index (χ4v) is 4.12. The van der Waals surface area contributed by atoms with E-state index in [0.717, 1.165) is 62.7 Å². The minimum absolute atomic E-state index is 0.0599. The molecule has 0 atom stereocenters. The molecule has 1 amide bonds. The van der Waals surface area contributed by atoms with Gasteiger partial charge in [-0.3, -0.25) is 4.79 Å². The van der Waals surface area contributed by atoms with E-state index in [4.69, 9.17) is 10.2 Å². The van der Waals surface area contributed by atoms with E-state index in [1.165, 1.54) is 0 Å². The number of carbonyl (C=O) groups is 1. The number of hydrogen-bond acceptors (Lipinski definition) is 5. The lowest BCUT2D eigenvalue weighted by molar-refractivity contribution is -0.127. The Kier molecular flexibility index (Phi) is 4.37. The standard InChI is InChI=1S/C19H26N4O2/c20-13-19(9-3-4-10-19)22-17(24)14-7-11-23(12-8-14)18-21-15-5-1-2-6-16(15)25-18/h1-2,5-6,14H,3-4,7-13,20H2,(H,22,24). The van der Waals surface area contributed by atoms with Crippen molar-refractivity contribution in [3.8, 4) is 0 Å². The second-order valence-corrected chi connectivity index (χ2v) is 7.41. The molecule has 1 aromatic carbocycles. The lowest BCUT2D eigenvalue weighted by Gasteiger charge is -2.34. The van der Waals surface area contributed by atoms with E-state index in [0.29, 0.717) is 12.6 Å². The van der Waals surface area contributed by atoms with E-state index in [-0.39, 0.29) is 17.4 Å². The van der Waals surface area contributed by atoms with Gasteiger partial charge >= 0.3 is 0 Å². The maximum absolute atomic E-state index is 12.7. The average Bonchev–Trinajstić information content (AvgIpc) is 3.29. The number of fused-ring (bicyclic) bond motifs is 1. The lowest BCUT2D eigenvalue weighted by Crippen LogP contribution is -2.54. The van der Waals surface area contributed by atoms with Crippen LogP contribution in [0.2, 0.25) is 0 Å². The number of benzene rings is 1. The van der Waals surface area contributed by atoms with Crippen molar-refractivity contribution in [3.63, 3.8) is 0 Å². The molecule has 1 saturated carbocycles. The summed E-state index contributed by atoms with van der Waals surface area (Å²) in [6.45, 7) is 2.13. The third-order valence-electron chi connectivity index (χ3n) is 5.76. The van der Waals surface area contributed by atoms with Crippen LogP contribution in [-0.2, 0) is 4.79 Å². The Morgan fingerprint density at radius 3 is 2.68 bits per heavy atom. The van der Waals surface area contributed by atoms with Gasteiger partial charge in [-0.15, -0.1) is 0 Å². The molecular formula is C19H26N4O2. The molecule has 134 valence electrons. The van der Waals surface area contributed by atoms with E-state index < -0.39 is 0 Å². The quantitative estimate of drug-likeness (QED) is 0.891. The van der Waals surface area contributed by atoms with E-state index in [2.05, 4.69) is 15.2 Å². The molecule has 1 aromatic heterocycles. The van der Waals surface area contributed by atoms with Gasteiger partial charge in [-0.05, 0) is 37.8 Å². The molecule has 0 radical (unpaired) electrons. The second kappa shape index (κ2) is 6.67. The molecule has 0 bridgehead atoms. The number of nitrogens with zero attached hydrogens (tertiary/aromatic N) is 2. The van der Waals surface area contributed by atoms with Crippen LogP contribution in [0, 0.1) is 5.92 Å². The Bertz CT molecular complexity index is 710. The number of nitrogens with one attached hydrogen (secondary N) is 1. The van der Waals surface area contributed by atoms with Crippen LogP contribution < -0.4 is 16.0 Å². The van der Waals surface area contributed by atoms with Crippen molar-refractivity contribution in [1.29, 1.82) is 0 Å². The van der Waals surface area contributed by atoms with Gasteiger partial charge in [0.25, 0.3) is 6.01 Å². The number of oxazole rings is 1. The van der Waals surface area contributed by atoms with Crippen LogP contribution in [0.15, 0.2) is 28.7 Å². The predicted molar refractivity (Wildman–Crippen MR) is 97.3 cm³/mol. The van der Waals surface area contributed by atoms with Crippen molar-refractivity contribution < 1.29 is 9.21 Å². The van der Waals surface area contributed by atoms with Gasteiger partial charge in [-0.1, -0.05) is 25.0 Å². The van der Waals surface area contributed by atoms with E-state index >= 15 is 0 Å². The Hall–Kier alpha value is -2.08. The molecule has 4 rings (SSSR count). The van der Waals surface area contributed by atoms with Gasteiger partial charge in [0.1, 0.15) is 5.52 Å². The molecule has 2 aromatic rings. The molecule has 0 spiro atoms. The topological polar surface area (TPSA) is 84.4 Å². The Balaban J connectivity index is 1.37. The number of amides is 1. The lowest BCUT2D eigenvalue weighted by atomic mass is 9.92. The van der Waals surface area contributed by atoms with Crippen LogP contribution in [0.5, 0.6) is 0 Å². The largest absolute Gasteiger partial charge is 0.423 e. The number of rotatable bonds is 4. The van der Waals surface area contributed by atoms with Crippen LogP contribution in [-0.4, -0.2) is 36.1 Å². The van der Waals surface area contributed by atoms with Gasteiger partial charge in [0.15, 0.2) is 5.58 Å². The molecule has 6 nitrogen and oxygen atoms in total. The van der Waals surface area contributed by atoms with Gasteiger partial charge in [-0.2, -0.15) is 4.98 Å². The summed E-state index contributed by atoms with van der Waals surface area (Å²) >= 11 is 0. The fraction of sp³-hybridized carbons (Fsp3) is 0.579. The van der Waals surface area contributed by atoms with Crippen molar-refractivity contribution in [2.75, 3.05) is 24.5 Å². The molecule has 2 fully saturated rings. The Morgan fingerprint density at radius 1 is 1.28 bits per heavy atom. The van der Waals surface area contributed by atoms with E-state index in [1.807, 2.05) is 24.3 Å². The third kappa shape index (κ3) is 3.23. The van der Waals surface area contributed by atoms with Gasteiger partial charge in [0.05, 0.1) is 5.54 Å². The van der Waals surface area contributed by atoms with Crippen LogP contribution in [0.1, 0.15) is 38.5 Å². The summed E-state index contributed by atoms with van der Waals surface area (Å²) in [5, 5.41) is 3.27. The van der Waals surface area contributed by atoms with Crippen LogP contribution in [0.4, 0.5) is 6.01 Å². The number of para-hydroxylation sites is 2. The number of nitrogens with two attached hydrogens (primary N) is 1. The maximum Gasteiger partial charge on any atom is 0.298 e. The Morgan fingerprint density at radius 2 is 2.00 bits per heavy atom. The molecule has 1 aliphatic heterocycles. The third-order valence-corrected chi connectivity index (χ3v) is 5.76. The van der Waals surface area contributed by atoms with Crippen molar-refractivity contribution >= 4 is 23.0 Å². The van der Waals surface area contributed by atoms with Crippen LogP contribution in [0.3, 0.4) is 0 Å². The van der Waals surface area contributed by atoms with Gasteiger partial charge in [0.2, 0.25) is 5.91 Å². The number of carbonyl (C=O) groups excluding carboxylic acids is 1. The summed E-state index contributed by atoms with van der Waals surface area (Å²) < 4.78 is 5.84. The first kappa shape index (κ1) is 16.4. The highest BCUT2D eigenvalue weighted by Gasteiger charge is 2.36. The van der Waals surface area contributed by atoms with E-state index in [9.17, 15) is 4.79 Å². The van der Waals surface area contributed by atoms with Crippen molar-refractivity contribution in [2.24, 2.45) is 11.7 Å². The summed E-state index contributed by atoms with van der Waals surface area (Å²) in [7, 11) is 0. The van der Waals surface area contributed by atoms with E-state index in [1.54, 1.807) is 0 Å². The zero-order valence-corrected chi connectivity index (χ0v) is 14.5. The summed E-state index contributed by atoms with van der Waals surface area (Å²) in [6.07, 6.45) is 5.99. The predicted octanol–water partition coefficient (Wildman–Crippen LogP) is 2.43. The first-order chi connectivity index (χ1) is 12.2. The number of piperidine rings is 1. The maximum atomic E-state index is 12.7. The fourth-order valence-electron chi connectivity index (χ4n) is 4.12. The molecule has 1 saturated heterocycles. The molecular weight excluding hydrogens is 316 g/mol. The smallest absolute Gasteiger partial charge is 0.298 e. The first-order valence-electron chi connectivity index (χ1n) is 9.32. The zero-order valence-electron chi connectivity index (χ0n) is 14.5. The number of aromatic nitrogens is 1. The molecule has 1 aliphatic carbocycles. The molecule has 3 N–H and O–H groups in total. The highest BCUT2D eigenvalue weighted by molar-refractivity contribution is 5.80. The van der Waals surface area contributed by atoms with Crippen molar-refractivity contribution in [2.45, 2.75) is 44.1 Å². The summed E-state index contributed by atoms with van der Waals surface area (Å²) in [6, 6.07) is 8.45. The summed E-state index contributed by atoms with van der Waals surface area (Å²) in [4.78, 5) is 19.4. The van der Waals surface area contributed by atoms with Crippen LogP contribution in [0.25, 0.3) is 11.1 Å². The SMILES string of the molecule is NCC1(NC(=O)C2CCN(c3nc4ccccc4o3)CC2)CCCC1. The number of anilines is 1. The number of hydrogen-bond donors (Lipinski definition) is 2. The minimum Gasteiger partial charge on any atom is -0.423 e. The molecule has 2 heterocycles. The first-order valence-corrected chi connectivity index (χ1v) is 9.32. The van der Waals surface area contributed by atoms with Gasteiger partial charge in [-0.25, -0.2) is 0 Å². The monoisotopic (exact) mass is 342 g/mol. The molecule has 6 heteroatoms. The summed E-state index contributed by atoms with van der Waals surface area (Å²) in [5.41, 5.74) is 7.47. The van der Waals surface area contributed by atoms with Crippen LogP contribution >= 0.6 is 0 Å².